The van der Waals surface area contributed by atoms with Crippen molar-refractivity contribution in [2.45, 2.75) is 26.2 Å². The number of carbonyl (C=O) groups is 2. The van der Waals surface area contributed by atoms with Gasteiger partial charge in [0.1, 0.15) is 0 Å². The molecule has 0 aliphatic carbocycles. The molecule has 1 aromatic rings. The maximum absolute atomic E-state index is 10.3. The zero-order chi connectivity index (χ0) is 12.9. The van der Waals surface area contributed by atoms with Crippen LogP contribution in [0.2, 0.25) is 0 Å². The van der Waals surface area contributed by atoms with Gasteiger partial charge in [0, 0.05) is 17.3 Å². The zero-order valence-corrected chi connectivity index (χ0v) is 10.3. The quantitative estimate of drug-likeness (QED) is 0.591. The molecular formula is C11H18N4O2. The fourth-order valence-corrected chi connectivity index (χ4v) is 1.15. The second-order valence-corrected chi connectivity index (χ2v) is 4.77. The Morgan fingerprint density at radius 1 is 1.12 bits per heavy atom. The van der Waals surface area contributed by atoms with Crippen LogP contribution in [-0.4, -0.2) is 34.9 Å². The summed E-state index contributed by atoms with van der Waals surface area (Å²) in [7, 11) is 0. The minimum absolute atomic E-state index is 0.121. The van der Waals surface area contributed by atoms with Crippen LogP contribution in [0.4, 0.5) is 0 Å². The third kappa shape index (κ3) is 4.67. The van der Waals surface area contributed by atoms with E-state index in [0.29, 0.717) is 0 Å². The number of hydrogen-bond donors (Lipinski definition) is 3. The van der Waals surface area contributed by atoms with Crippen molar-refractivity contribution in [2.75, 3.05) is 13.1 Å². The predicted molar refractivity (Wildman–Crippen MR) is 63.3 cm³/mol. The van der Waals surface area contributed by atoms with E-state index in [0.717, 1.165) is 0 Å². The average Bonchev–Trinajstić information content (AvgIpc) is 2.76. The zero-order valence-electron chi connectivity index (χ0n) is 10.3. The molecule has 2 rings (SSSR count). The van der Waals surface area contributed by atoms with Gasteiger partial charge in [0.15, 0.2) is 0 Å². The third-order valence-electron chi connectivity index (χ3n) is 2.20. The molecule has 3 N–H and O–H groups in total. The number of rotatable bonds is 0. The van der Waals surface area contributed by atoms with Gasteiger partial charge in [-0.1, -0.05) is 20.8 Å². The molecule has 17 heavy (non-hydrogen) atoms. The lowest BCUT2D eigenvalue weighted by Crippen LogP contribution is -2.48. The number of carbonyl (C=O) groups excluding carboxylic acids is 2. The molecule has 0 aromatic carbocycles. The number of piperazine rings is 1. The molecule has 0 spiro atoms. The van der Waals surface area contributed by atoms with Crippen molar-refractivity contribution in [3.8, 4) is 0 Å². The van der Waals surface area contributed by atoms with E-state index in [1.54, 1.807) is 6.33 Å². The summed E-state index contributed by atoms with van der Waals surface area (Å²) in [6, 6.07) is 0. The minimum atomic E-state index is -0.121. The molecule has 0 unspecified atom stereocenters. The van der Waals surface area contributed by atoms with Crippen molar-refractivity contribution in [3.05, 3.63) is 18.2 Å². The first-order chi connectivity index (χ1) is 7.89. The van der Waals surface area contributed by atoms with E-state index >= 15 is 0 Å². The highest BCUT2D eigenvalue weighted by atomic mass is 16.2. The molecule has 0 atom stereocenters. The standard InChI is InChI=1S/C7H12N2.C4H6N2O2/c1-7(2,3)6-4-8-5-9-6;7-3-1-5-4(8)2-6-3/h4-5H,1-3H3,(H,8,9);1-2H2,(H,5,8)(H,6,7). The smallest absolute Gasteiger partial charge is 0.239 e. The van der Waals surface area contributed by atoms with Gasteiger partial charge in [-0.3, -0.25) is 9.59 Å². The van der Waals surface area contributed by atoms with E-state index in [1.807, 2.05) is 6.20 Å². The summed E-state index contributed by atoms with van der Waals surface area (Å²) in [5, 5.41) is 4.76. The van der Waals surface area contributed by atoms with Crippen LogP contribution in [-0.2, 0) is 15.0 Å². The molecule has 2 amide bonds. The van der Waals surface area contributed by atoms with Crippen molar-refractivity contribution < 1.29 is 9.59 Å². The molecule has 1 fully saturated rings. The number of nitrogens with one attached hydrogen (secondary N) is 3. The van der Waals surface area contributed by atoms with Crippen LogP contribution in [0, 0.1) is 0 Å². The van der Waals surface area contributed by atoms with Crippen LogP contribution in [0.15, 0.2) is 12.5 Å². The van der Waals surface area contributed by atoms with Crippen LogP contribution in [0.1, 0.15) is 26.5 Å². The minimum Gasteiger partial charge on any atom is -0.348 e. The summed E-state index contributed by atoms with van der Waals surface area (Å²) < 4.78 is 0. The molecule has 94 valence electrons. The van der Waals surface area contributed by atoms with E-state index in [-0.39, 0.29) is 30.3 Å². The summed E-state index contributed by atoms with van der Waals surface area (Å²) in [5.74, 6) is -0.241. The Morgan fingerprint density at radius 2 is 1.65 bits per heavy atom. The number of aromatic amines is 1. The highest BCUT2D eigenvalue weighted by molar-refractivity contribution is 5.92. The SMILES string of the molecule is CC(C)(C)c1cnc[nH]1.O=C1CNC(=O)CN1. The Kier molecular flexibility index (Phi) is 4.25. The molecule has 1 aliphatic heterocycles. The molecule has 6 heteroatoms. The number of hydrogen-bond acceptors (Lipinski definition) is 3. The number of aromatic nitrogens is 2. The molecule has 1 aliphatic rings. The molecule has 0 saturated carbocycles. The molecule has 1 saturated heterocycles. The molecule has 6 nitrogen and oxygen atoms in total. The van der Waals surface area contributed by atoms with Crippen molar-refractivity contribution in [3.63, 3.8) is 0 Å². The maximum Gasteiger partial charge on any atom is 0.239 e. The van der Waals surface area contributed by atoms with Gasteiger partial charge in [-0.15, -0.1) is 0 Å². The van der Waals surface area contributed by atoms with Gasteiger partial charge in [-0.25, -0.2) is 4.98 Å². The summed E-state index contributed by atoms with van der Waals surface area (Å²) in [4.78, 5) is 27.6. The van der Waals surface area contributed by atoms with Gasteiger partial charge in [0.2, 0.25) is 11.8 Å². The van der Waals surface area contributed by atoms with Gasteiger partial charge in [0.25, 0.3) is 0 Å². The normalized spacial score (nSPS) is 15.5. The Labute approximate surface area is 100 Å². The second-order valence-electron chi connectivity index (χ2n) is 4.77. The van der Waals surface area contributed by atoms with Gasteiger partial charge in [-0.05, 0) is 0 Å². The van der Waals surface area contributed by atoms with Gasteiger partial charge in [-0.2, -0.15) is 0 Å². The molecule has 2 heterocycles. The monoisotopic (exact) mass is 238 g/mol. The van der Waals surface area contributed by atoms with E-state index in [1.165, 1.54) is 5.69 Å². The summed E-state index contributed by atoms with van der Waals surface area (Å²) >= 11 is 0. The van der Waals surface area contributed by atoms with Gasteiger partial charge >= 0.3 is 0 Å². The van der Waals surface area contributed by atoms with E-state index in [2.05, 4.69) is 41.4 Å². The molecule has 0 bridgehead atoms. The topological polar surface area (TPSA) is 86.9 Å². The van der Waals surface area contributed by atoms with Crippen molar-refractivity contribution >= 4 is 11.8 Å². The summed E-state index contributed by atoms with van der Waals surface area (Å²) in [6.45, 7) is 6.71. The summed E-state index contributed by atoms with van der Waals surface area (Å²) in [6.07, 6.45) is 3.57. The highest BCUT2D eigenvalue weighted by Gasteiger charge is 2.13. The van der Waals surface area contributed by atoms with Crippen LogP contribution in [0.25, 0.3) is 0 Å². The van der Waals surface area contributed by atoms with E-state index < -0.39 is 0 Å². The van der Waals surface area contributed by atoms with Crippen molar-refractivity contribution in [1.29, 1.82) is 0 Å². The second kappa shape index (κ2) is 5.47. The Balaban J connectivity index is 0.000000171. The lowest BCUT2D eigenvalue weighted by molar-refractivity contribution is -0.130. The number of imidazole rings is 1. The maximum atomic E-state index is 10.3. The largest absolute Gasteiger partial charge is 0.348 e. The lowest BCUT2D eigenvalue weighted by Gasteiger charge is -2.14. The third-order valence-corrected chi connectivity index (χ3v) is 2.20. The fraction of sp³-hybridized carbons (Fsp3) is 0.545. The van der Waals surface area contributed by atoms with Gasteiger partial charge in [0.05, 0.1) is 19.4 Å². The van der Waals surface area contributed by atoms with Crippen LogP contribution < -0.4 is 10.6 Å². The van der Waals surface area contributed by atoms with Crippen LogP contribution in [0.3, 0.4) is 0 Å². The van der Waals surface area contributed by atoms with E-state index in [4.69, 9.17) is 0 Å². The fourth-order valence-electron chi connectivity index (χ4n) is 1.15. The number of H-pyrrole nitrogens is 1. The first-order valence-corrected chi connectivity index (χ1v) is 5.42. The number of amides is 2. The molecular weight excluding hydrogens is 220 g/mol. The first-order valence-electron chi connectivity index (χ1n) is 5.42. The number of nitrogens with zero attached hydrogens (tertiary/aromatic N) is 1. The average molecular weight is 238 g/mol. The van der Waals surface area contributed by atoms with Crippen LogP contribution in [0.5, 0.6) is 0 Å². The van der Waals surface area contributed by atoms with Crippen molar-refractivity contribution in [2.24, 2.45) is 0 Å². The Hall–Kier alpha value is -1.85. The molecule has 1 aromatic heterocycles. The van der Waals surface area contributed by atoms with E-state index in [9.17, 15) is 9.59 Å². The lowest BCUT2D eigenvalue weighted by atomic mass is 9.93. The van der Waals surface area contributed by atoms with Crippen molar-refractivity contribution in [1.82, 2.24) is 20.6 Å². The Bertz CT molecular complexity index is 351. The Morgan fingerprint density at radius 3 is 1.88 bits per heavy atom. The van der Waals surface area contributed by atoms with Crippen LogP contribution >= 0.6 is 0 Å². The first kappa shape index (κ1) is 13.2. The molecule has 0 radical (unpaired) electrons. The summed E-state index contributed by atoms with van der Waals surface area (Å²) in [5.41, 5.74) is 1.39. The predicted octanol–water partition coefficient (Wildman–Crippen LogP) is -0.0604. The highest BCUT2D eigenvalue weighted by Crippen LogP contribution is 2.17. The van der Waals surface area contributed by atoms with Gasteiger partial charge < -0.3 is 15.6 Å².